The van der Waals surface area contributed by atoms with Crippen molar-refractivity contribution in [2.75, 3.05) is 13.7 Å². The monoisotopic (exact) mass is 409 g/mol. The summed E-state index contributed by atoms with van der Waals surface area (Å²) in [6.07, 6.45) is -1.88. The number of aromatic amines is 1. The molecule has 1 aliphatic rings. The fourth-order valence-electron chi connectivity index (χ4n) is 2.94. The molecular formula is C18H17F2N3O6. The van der Waals surface area contributed by atoms with Crippen molar-refractivity contribution in [3.05, 3.63) is 57.8 Å². The third-order valence-corrected chi connectivity index (χ3v) is 4.32. The van der Waals surface area contributed by atoms with Gasteiger partial charge in [-0.3, -0.25) is 9.69 Å². The zero-order valence-electron chi connectivity index (χ0n) is 15.2. The lowest BCUT2D eigenvalue weighted by Gasteiger charge is -2.22. The van der Waals surface area contributed by atoms with Gasteiger partial charge in [0.1, 0.15) is 12.4 Å². The van der Waals surface area contributed by atoms with Crippen LogP contribution in [-0.2, 0) is 16.1 Å². The highest BCUT2D eigenvalue weighted by molar-refractivity contribution is 5.89. The Morgan fingerprint density at radius 1 is 1.34 bits per heavy atom. The third-order valence-electron chi connectivity index (χ3n) is 4.32. The molecule has 29 heavy (non-hydrogen) atoms. The van der Waals surface area contributed by atoms with Gasteiger partial charge in [0.15, 0.2) is 5.69 Å². The Kier molecular flexibility index (Phi) is 5.48. The first kappa shape index (κ1) is 20.2. The molecule has 1 saturated heterocycles. The van der Waals surface area contributed by atoms with Crippen LogP contribution in [0.2, 0.25) is 0 Å². The summed E-state index contributed by atoms with van der Waals surface area (Å²) in [6, 6.07) is 7.26. The number of aromatic nitrogens is 2. The van der Waals surface area contributed by atoms with Crippen LogP contribution in [0.15, 0.2) is 35.1 Å². The van der Waals surface area contributed by atoms with Crippen LogP contribution < -0.4 is 5.56 Å². The lowest BCUT2D eigenvalue weighted by molar-refractivity contribution is 0.0101. The molecule has 1 atom stereocenters. The Morgan fingerprint density at radius 2 is 2.03 bits per heavy atom. The minimum Gasteiger partial charge on any atom is -0.501 e. The number of carbonyl (C=O) groups is 2. The van der Waals surface area contributed by atoms with Crippen molar-refractivity contribution < 1.29 is 33.0 Å². The molecule has 0 radical (unpaired) electrons. The second kappa shape index (κ2) is 7.86. The number of halogens is 2. The lowest BCUT2D eigenvalue weighted by atomic mass is 10.1. The summed E-state index contributed by atoms with van der Waals surface area (Å²) in [5, 5.41) is 9.69. The fourth-order valence-corrected chi connectivity index (χ4v) is 2.94. The standard InChI is InChI=1S/C18H17F2N3O6/c1-28-16(26)12-13(24)15(25)22-14(21-12)11-7-18(19,20)9-23(11)17(27)29-8-10-5-3-2-4-6-10/h2-6,11,24H,7-9H2,1H3,(H,21,22,25)/t11-/m0/s1. The maximum absolute atomic E-state index is 14.0. The van der Waals surface area contributed by atoms with Crippen LogP contribution in [0, 0.1) is 0 Å². The summed E-state index contributed by atoms with van der Waals surface area (Å²) in [5.74, 6) is -5.79. The van der Waals surface area contributed by atoms with E-state index in [4.69, 9.17) is 4.74 Å². The van der Waals surface area contributed by atoms with Gasteiger partial charge >= 0.3 is 12.1 Å². The van der Waals surface area contributed by atoms with E-state index in [1.54, 1.807) is 30.3 Å². The predicted molar refractivity (Wildman–Crippen MR) is 93.5 cm³/mol. The van der Waals surface area contributed by atoms with E-state index in [-0.39, 0.29) is 12.4 Å². The van der Waals surface area contributed by atoms with Gasteiger partial charge in [-0.2, -0.15) is 0 Å². The fraction of sp³-hybridized carbons (Fsp3) is 0.333. The first-order chi connectivity index (χ1) is 13.7. The molecule has 9 nitrogen and oxygen atoms in total. The number of alkyl halides is 2. The van der Waals surface area contributed by atoms with Crippen molar-refractivity contribution in [2.24, 2.45) is 0 Å². The van der Waals surface area contributed by atoms with Crippen molar-refractivity contribution in [3.8, 4) is 5.75 Å². The van der Waals surface area contributed by atoms with Gasteiger partial charge in [0, 0.05) is 6.42 Å². The molecule has 1 aromatic heterocycles. The first-order valence-corrected chi connectivity index (χ1v) is 8.48. The number of ether oxygens (including phenoxy) is 2. The average molecular weight is 409 g/mol. The molecule has 11 heteroatoms. The van der Waals surface area contributed by atoms with E-state index >= 15 is 0 Å². The van der Waals surface area contributed by atoms with Crippen LogP contribution in [0.25, 0.3) is 0 Å². The van der Waals surface area contributed by atoms with Crippen molar-refractivity contribution in [1.29, 1.82) is 0 Å². The summed E-state index contributed by atoms with van der Waals surface area (Å²) in [4.78, 5) is 42.6. The van der Waals surface area contributed by atoms with Crippen LogP contribution in [-0.4, -0.2) is 51.6 Å². The largest absolute Gasteiger partial charge is 0.501 e. The molecular weight excluding hydrogens is 392 g/mol. The second-order valence-corrected chi connectivity index (χ2v) is 6.38. The van der Waals surface area contributed by atoms with E-state index in [9.17, 15) is 28.3 Å². The summed E-state index contributed by atoms with van der Waals surface area (Å²) >= 11 is 0. The maximum atomic E-state index is 14.0. The van der Waals surface area contributed by atoms with E-state index in [1.807, 2.05) is 0 Å². The maximum Gasteiger partial charge on any atom is 0.410 e. The Hall–Kier alpha value is -3.50. The molecule has 0 unspecified atom stereocenters. The number of rotatable bonds is 4. The summed E-state index contributed by atoms with van der Waals surface area (Å²) < 4.78 is 37.6. The SMILES string of the molecule is COC(=O)c1nc([C@@H]2CC(F)(F)CN2C(=O)OCc2ccccc2)[nH]c(=O)c1O. The molecule has 0 spiro atoms. The van der Waals surface area contributed by atoms with Crippen molar-refractivity contribution in [2.45, 2.75) is 25.0 Å². The van der Waals surface area contributed by atoms with Gasteiger partial charge in [-0.05, 0) is 5.56 Å². The van der Waals surface area contributed by atoms with E-state index < -0.39 is 54.0 Å². The highest BCUT2D eigenvalue weighted by Crippen LogP contribution is 2.40. The van der Waals surface area contributed by atoms with Gasteiger partial charge in [-0.15, -0.1) is 0 Å². The number of esters is 1. The zero-order valence-corrected chi connectivity index (χ0v) is 15.2. The molecule has 1 fully saturated rings. The van der Waals surface area contributed by atoms with Gasteiger partial charge in [0.2, 0.25) is 5.75 Å². The molecule has 0 aliphatic carbocycles. The van der Waals surface area contributed by atoms with Crippen molar-refractivity contribution in [1.82, 2.24) is 14.9 Å². The van der Waals surface area contributed by atoms with Gasteiger partial charge in [-0.1, -0.05) is 30.3 Å². The number of benzene rings is 1. The normalized spacial score (nSPS) is 17.8. The topological polar surface area (TPSA) is 122 Å². The van der Waals surface area contributed by atoms with Gasteiger partial charge in [-0.25, -0.2) is 23.4 Å². The molecule has 2 N–H and O–H groups in total. The smallest absolute Gasteiger partial charge is 0.410 e. The molecule has 2 aromatic rings. The van der Waals surface area contributed by atoms with E-state index in [2.05, 4.69) is 14.7 Å². The Morgan fingerprint density at radius 3 is 2.69 bits per heavy atom. The van der Waals surface area contributed by atoms with Crippen LogP contribution in [0.1, 0.15) is 34.3 Å². The number of hydrogen-bond donors (Lipinski definition) is 2. The second-order valence-electron chi connectivity index (χ2n) is 6.38. The Labute approximate surface area is 162 Å². The molecule has 1 aromatic carbocycles. The first-order valence-electron chi connectivity index (χ1n) is 8.48. The third kappa shape index (κ3) is 4.33. The number of hydrogen-bond acceptors (Lipinski definition) is 7. The summed E-state index contributed by atoms with van der Waals surface area (Å²) in [6.45, 7) is -1.09. The highest BCUT2D eigenvalue weighted by atomic mass is 19.3. The van der Waals surface area contributed by atoms with Crippen molar-refractivity contribution in [3.63, 3.8) is 0 Å². The number of amides is 1. The lowest BCUT2D eigenvalue weighted by Crippen LogP contribution is -2.34. The van der Waals surface area contributed by atoms with Gasteiger partial charge in [0.05, 0.1) is 19.7 Å². The number of H-pyrrole nitrogens is 1. The molecule has 2 heterocycles. The number of nitrogens with zero attached hydrogens (tertiary/aromatic N) is 2. The van der Waals surface area contributed by atoms with Gasteiger partial charge in [0.25, 0.3) is 11.5 Å². The molecule has 1 amide bonds. The summed E-state index contributed by atoms with van der Waals surface area (Å²) in [7, 11) is 1.00. The van der Waals surface area contributed by atoms with Crippen LogP contribution in [0.5, 0.6) is 5.75 Å². The van der Waals surface area contributed by atoms with E-state index in [1.165, 1.54) is 0 Å². The van der Waals surface area contributed by atoms with Crippen LogP contribution >= 0.6 is 0 Å². The molecule has 3 rings (SSSR count). The molecule has 154 valence electrons. The number of nitrogens with one attached hydrogen (secondary N) is 1. The summed E-state index contributed by atoms with van der Waals surface area (Å²) in [5.41, 5.74) is -1.20. The molecule has 0 saturated carbocycles. The molecule has 0 bridgehead atoms. The van der Waals surface area contributed by atoms with E-state index in [0.717, 1.165) is 12.0 Å². The number of methoxy groups -OCH3 is 1. The van der Waals surface area contributed by atoms with E-state index in [0.29, 0.717) is 5.56 Å². The highest BCUT2D eigenvalue weighted by Gasteiger charge is 2.49. The quantitative estimate of drug-likeness (QED) is 0.741. The van der Waals surface area contributed by atoms with Crippen LogP contribution in [0.4, 0.5) is 13.6 Å². The minimum absolute atomic E-state index is 0.137. The number of likely N-dealkylation sites (tertiary alicyclic amines) is 1. The Bertz CT molecular complexity index is 979. The average Bonchev–Trinajstić information content (AvgIpc) is 3.04. The Balaban J connectivity index is 1.88. The predicted octanol–water partition coefficient (Wildman–Crippen LogP) is 1.98. The van der Waals surface area contributed by atoms with Gasteiger partial charge < -0.3 is 19.6 Å². The number of aromatic hydroxyl groups is 1. The minimum atomic E-state index is -3.27. The zero-order chi connectivity index (χ0) is 21.2. The van der Waals surface area contributed by atoms with Crippen LogP contribution in [0.3, 0.4) is 0 Å². The van der Waals surface area contributed by atoms with Crippen molar-refractivity contribution >= 4 is 12.1 Å². The molecule has 1 aliphatic heterocycles. The number of carbonyl (C=O) groups excluding carboxylic acids is 2.